The van der Waals surface area contributed by atoms with Crippen molar-refractivity contribution in [2.45, 2.75) is 135 Å². The lowest BCUT2D eigenvalue weighted by atomic mass is 9.90. The number of esters is 1. The predicted octanol–water partition coefficient (Wildman–Crippen LogP) is 8.93. The molecule has 1 aliphatic rings. The number of benzene rings is 2. The Hall–Kier alpha value is -1.56. The maximum Gasteiger partial charge on any atom is 0.305 e. The highest BCUT2D eigenvalue weighted by atomic mass is 28.4. The fourth-order valence-corrected chi connectivity index (χ4v) is 18.5. The summed E-state index contributed by atoms with van der Waals surface area (Å²) in [5.41, 5.74) is 0. The summed E-state index contributed by atoms with van der Waals surface area (Å²) in [5, 5.41) is 2.46. The molecule has 0 heterocycles. The van der Waals surface area contributed by atoms with Gasteiger partial charge in [-0.3, -0.25) is 4.79 Å². The van der Waals surface area contributed by atoms with E-state index in [0.29, 0.717) is 13.0 Å². The van der Waals surface area contributed by atoms with Crippen molar-refractivity contribution in [3.63, 3.8) is 0 Å². The van der Waals surface area contributed by atoms with E-state index in [1.54, 1.807) is 0 Å². The van der Waals surface area contributed by atoms with Gasteiger partial charge >= 0.3 is 5.97 Å². The van der Waals surface area contributed by atoms with Gasteiger partial charge in [0.1, 0.15) is 0 Å². The molecule has 2 aromatic carbocycles. The zero-order valence-electron chi connectivity index (χ0n) is 30.7. The van der Waals surface area contributed by atoms with Crippen molar-refractivity contribution in [1.29, 1.82) is 0 Å². The van der Waals surface area contributed by atoms with E-state index in [-0.39, 0.29) is 35.1 Å². The standard InChI is InChI=1S/C38H64O5Si3/c1-11-44(12-2,13-3)42-35-29-36(43-45(14-4,15-5)16-6)34(33(35)27-28-37(39)40-10)30-41-46(38(7,8)9,31-23-19-17-20-24-31)32-25-21-18-22-26-32/h17-26,33-36H,11-16,27-30H2,1-10H3/t33-,34+,35-,36+/m0/s1. The van der Waals surface area contributed by atoms with Crippen LogP contribution in [0.4, 0.5) is 0 Å². The second kappa shape index (κ2) is 17.2. The molecule has 0 aromatic heterocycles. The summed E-state index contributed by atoms with van der Waals surface area (Å²) in [6, 6.07) is 28.5. The van der Waals surface area contributed by atoms with Gasteiger partial charge in [-0.1, -0.05) is 123 Å². The first kappa shape index (κ1) is 38.9. The van der Waals surface area contributed by atoms with Crippen LogP contribution in [0.5, 0.6) is 0 Å². The van der Waals surface area contributed by atoms with Crippen molar-refractivity contribution >= 4 is 41.3 Å². The molecular weight excluding hydrogens is 621 g/mol. The molecule has 5 nitrogen and oxygen atoms in total. The average Bonchev–Trinajstić information content (AvgIpc) is 3.40. The van der Waals surface area contributed by atoms with Gasteiger partial charge in [0.2, 0.25) is 0 Å². The van der Waals surface area contributed by atoms with Crippen molar-refractivity contribution in [1.82, 2.24) is 0 Å². The third-order valence-electron chi connectivity index (χ3n) is 11.5. The molecule has 0 bridgehead atoms. The molecule has 4 atom stereocenters. The smallest absolute Gasteiger partial charge is 0.305 e. The summed E-state index contributed by atoms with van der Waals surface area (Å²) < 4.78 is 27.6. The van der Waals surface area contributed by atoms with Crippen LogP contribution in [0.15, 0.2) is 60.7 Å². The molecule has 0 spiro atoms. The number of hydrogen-bond acceptors (Lipinski definition) is 5. The summed E-state index contributed by atoms with van der Waals surface area (Å²) in [6.45, 7) is 21.5. The van der Waals surface area contributed by atoms with Gasteiger partial charge in [-0.05, 0) is 70.4 Å². The SMILES string of the molecule is CC[Si](CC)(CC)O[C@H]1C[C@@H](O[Si](CC)(CC)CC)[C@H](CO[Si](c2ccccc2)(c2ccccc2)C(C)(C)C)[C@@H]1CCC(=O)OC. The van der Waals surface area contributed by atoms with Gasteiger partial charge in [-0.15, -0.1) is 0 Å². The molecule has 0 radical (unpaired) electrons. The summed E-state index contributed by atoms with van der Waals surface area (Å²) in [7, 11) is -5.13. The highest BCUT2D eigenvalue weighted by molar-refractivity contribution is 6.99. The Morgan fingerprint density at radius 3 is 1.48 bits per heavy atom. The van der Waals surface area contributed by atoms with Crippen LogP contribution in [0, 0.1) is 11.8 Å². The molecule has 1 saturated carbocycles. The Labute approximate surface area is 284 Å². The minimum absolute atomic E-state index is 0.0506. The summed E-state index contributed by atoms with van der Waals surface area (Å²) in [6.07, 6.45) is 2.11. The van der Waals surface area contributed by atoms with E-state index in [0.717, 1.165) is 49.1 Å². The zero-order chi connectivity index (χ0) is 34.0. The Morgan fingerprint density at radius 2 is 1.11 bits per heavy atom. The summed E-state index contributed by atoms with van der Waals surface area (Å²) in [4.78, 5) is 12.6. The lowest BCUT2D eigenvalue weighted by Crippen LogP contribution is -2.67. The zero-order valence-corrected chi connectivity index (χ0v) is 33.7. The largest absolute Gasteiger partial charge is 0.469 e. The van der Waals surface area contributed by atoms with Crippen LogP contribution in [-0.2, 0) is 22.8 Å². The number of methoxy groups -OCH3 is 1. The van der Waals surface area contributed by atoms with E-state index in [1.807, 2.05) is 0 Å². The van der Waals surface area contributed by atoms with Crippen LogP contribution in [0.3, 0.4) is 0 Å². The third-order valence-corrected chi connectivity index (χ3v) is 25.8. The first-order valence-corrected chi connectivity index (χ1v) is 25.1. The number of hydrogen-bond donors (Lipinski definition) is 0. The number of ether oxygens (including phenoxy) is 1. The normalized spacial score (nSPS) is 21.0. The molecule has 0 amide bonds. The van der Waals surface area contributed by atoms with Gasteiger partial charge in [0.05, 0.1) is 19.3 Å². The second-order valence-corrected chi connectivity index (χ2v) is 28.2. The molecule has 258 valence electrons. The van der Waals surface area contributed by atoms with Crippen molar-refractivity contribution in [2.24, 2.45) is 11.8 Å². The molecule has 3 rings (SSSR count). The van der Waals surface area contributed by atoms with E-state index in [9.17, 15) is 4.79 Å². The van der Waals surface area contributed by atoms with Crippen LogP contribution in [0.1, 0.15) is 81.6 Å². The van der Waals surface area contributed by atoms with Crippen molar-refractivity contribution in [3.8, 4) is 0 Å². The van der Waals surface area contributed by atoms with Gasteiger partial charge in [-0.2, -0.15) is 0 Å². The highest BCUT2D eigenvalue weighted by Crippen LogP contribution is 2.46. The quantitative estimate of drug-likeness (QED) is 0.116. The molecule has 46 heavy (non-hydrogen) atoms. The van der Waals surface area contributed by atoms with Gasteiger partial charge in [0.25, 0.3) is 8.32 Å². The Kier molecular flexibility index (Phi) is 14.5. The fraction of sp³-hybridized carbons (Fsp3) is 0.658. The summed E-state index contributed by atoms with van der Waals surface area (Å²) in [5.74, 6) is 0.139. The first-order chi connectivity index (χ1) is 21.9. The first-order valence-electron chi connectivity index (χ1n) is 18.1. The molecule has 0 unspecified atom stereocenters. The Balaban J connectivity index is 2.16. The highest BCUT2D eigenvalue weighted by Gasteiger charge is 2.54. The molecular formula is C38H64O5Si3. The van der Waals surface area contributed by atoms with E-state index in [1.165, 1.54) is 17.5 Å². The van der Waals surface area contributed by atoms with Gasteiger partial charge in [-0.25, -0.2) is 0 Å². The van der Waals surface area contributed by atoms with Gasteiger partial charge < -0.3 is 18.0 Å². The van der Waals surface area contributed by atoms with E-state index in [4.69, 9.17) is 18.0 Å². The van der Waals surface area contributed by atoms with Gasteiger partial charge in [0, 0.05) is 18.9 Å². The van der Waals surface area contributed by atoms with Crippen molar-refractivity contribution in [2.75, 3.05) is 13.7 Å². The monoisotopic (exact) mass is 684 g/mol. The molecule has 8 heteroatoms. The van der Waals surface area contributed by atoms with Crippen LogP contribution < -0.4 is 10.4 Å². The maximum atomic E-state index is 12.6. The molecule has 1 aliphatic carbocycles. The minimum Gasteiger partial charge on any atom is -0.469 e. The molecule has 0 aliphatic heterocycles. The topological polar surface area (TPSA) is 54.0 Å². The van der Waals surface area contributed by atoms with E-state index < -0.39 is 25.0 Å². The summed E-state index contributed by atoms with van der Waals surface area (Å²) >= 11 is 0. The number of carbonyl (C=O) groups excluding carboxylic acids is 1. The Morgan fingerprint density at radius 1 is 0.696 bits per heavy atom. The van der Waals surface area contributed by atoms with Crippen LogP contribution >= 0.6 is 0 Å². The molecule has 0 N–H and O–H groups in total. The lowest BCUT2D eigenvalue weighted by molar-refractivity contribution is -0.141. The van der Waals surface area contributed by atoms with E-state index >= 15 is 0 Å². The third kappa shape index (κ3) is 8.53. The molecule has 1 fully saturated rings. The maximum absolute atomic E-state index is 12.6. The number of rotatable bonds is 18. The number of carbonyl (C=O) groups is 1. The lowest BCUT2D eigenvalue weighted by Gasteiger charge is -2.44. The Bertz CT molecular complexity index is 1120. The average molecular weight is 685 g/mol. The molecule has 2 aromatic rings. The minimum atomic E-state index is -2.77. The van der Waals surface area contributed by atoms with Crippen molar-refractivity contribution in [3.05, 3.63) is 60.7 Å². The van der Waals surface area contributed by atoms with Crippen molar-refractivity contribution < 1.29 is 22.8 Å². The van der Waals surface area contributed by atoms with Crippen LogP contribution in [0.2, 0.25) is 41.3 Å². The molecule has 0 saturated heterocycles. The van der Waals surface area contributed by atoms with Crippen LogP contribution in [-0.4, -0.2) is 56.8 Å². The van der Waals surface area contributed by atoms with Crippen LogP contribution in [0.25, 0.3) is 0 Å². The fourth-order valence-electron chi connectivity index (χ4n) is 8.04. The predicted molar refractivity (Wildman–Crippen MR) is 201 cm³/mol. The van der Waals surface area contributed by atoms with E-state index in [2.05, 4.69) is 123 Å². The second-order valence-electron chi connectivity index (χ2n) is 14.5. The van der Waals surface area contributed by atoms with Gasteiger partial charge in [0.15, 0.2) is 16.6 Å².